The van der Waals surface area contributed by atoms with E-state index in [0.29, 0.717) is 12.5 Å². The molecule has 130 valence electrons. The number of carbonyl (C=O) groups is 1. The van der Waals surface area contributed by atoms with E-state index < -0.39 is 0 Å². The van der Waals surface area contributed by atoms with Crippen LogP contribution in [-0.2, 0) is 14.3 Å². The molecule has 0 N–H and O–H groups in total. The Hall–Kier alpha value is -1.71. The van der Waals surface area contributed by atoms with Crippen LogP contribution in [0.15, 0.2) is 12.2 Å². The van der Waals surface area contributed by atoms with Gasteiger partial charge in [0.15, 0.2) is 0 Å². The topological polar surface area (TPSA) is 38.8 Å². The van der Waals surface area contributed by atoms with Gasteiger partial charge in [-0.15, -0.1) is 18.3 Å². The van der Waals surface area contributed by atoms with Crippen molar-refractivity contribution in [1.82, 2.24) is 0 Å². The summed E-state index contributed by atoms with van der Waals surface area (Å²) in [5.74, 6) is 8.96. The third-order valence-corrected chi connectivity index (χ3v) is 4.86. The van der Waals surface area contributed by atoms with Crippen LogP contribution in [0.4, 0.5) is 0 Å². The Morgan fingerprint density at radius 1 is 1.42 bits per heavy atom. The number of hydrogen-bond acceptors (Lipinski definition) is 3. The van der Waals surface area contributed by atoms with Crippen molar-refractivity contribution in [3.05, 3.63) is 12.2 Å². The molecular formula is C21H28O3. The van der Waals surface area contributed by atoms with Gasteiger partial charge in [0.1, 0.15) is 6.10 Å². The number of unbranched alkanes of at least 4 members (excludes halogenated alkanes) is 2. The maximum absolute atomic E-state index is 12.1. The summed E-state index contributed by atoms with van der Waals surface area (Å²) in [6, 6.07) is 0. The Morgan fingerprint density at radius 3 is 2.96 bits per heavy atom. The molecule has 1 heterocycles. The van der Waals surface area contributed by atoms with E-state index in [2.05, 4.69) is 36.8 Å². The largest absolute Gasteiger partial charge is 0.462 e. The van der Waals surface area contributed by atoms with Gasteiger partial charge in [-0.05, 0) is 39.0 Å². The number of terminal acetylenes is 1. The second-order valence-electron chi connectivity index (χ2n) is 6.52. The number of epoxide rings is 1. The van der Waals surface area contributed by atoms with Gasteiger partial charge in [-0.2, -0.15) is 0 Å². The number of rotatable bonds is 9. The van der Waals surface area contributed by atoms with Crippen molar-refractivity contribution in [3.63, 3.8) is 0 Å². The lowest BCUT2D eigenvalue weighted by molar-refractivity contribution is -0.153. The van der Waals surface area contributed by atoms with Gasteiger partial charge in [0, 0.05) is 18.8 Å². The third kappa shape index (κ3) is 5.15. The summed E-state index contributed by atoms with van der Waals surface area (Å²) < 4.78 is 11.2. The van der Waals surface area contributed by atoms with Crippen LogP contribution in [0.3, 0.4) is 0 Å². The maximum Gasteiger partial charge on any atom is 0.306 e. The Kier molecular flexibility index (Phi) is 7.41. The lowest BCUT2D eigenvalue weighted by Crippen LogP contribution is -2.31. The van der Waals surface area contributed by atoms with Crippen molar-refractivity contribution < 1.29 is 14.3 Å². The average molecular weight is 328 g/mol. The Morgan fingerprint density at radius 2 is 2.25 bits per heavy atom. The van der Waals surface area contributed by atoms with Crippen LogP contribution < -0.4 is 0 Å². The highest BCUT2D eigenvalue weighted by molar-refractivity contribution is 5.69. The molecule has 0 aromatic carbocycles. The SMILES string of the molecule is C#C[C@H]1[C@H]([C@H](CC)OC(=O)CCCC/C=C/CC#CC)C[C@@H]2O[C@H]12. The summed E-state index contributed by atoms with van der Waals surface area (Å²) >= 11 is 0. The van der Waals surface area contributed by atoms with Gasteiger partial charge in [0.25, 0.3) is 0 Å². The molecule has 2 aliphatic rings. The van der Waals surface area contributed by atoms with Crippen molar-refractivity contribution in [2.75, 3.05) is 0 Å². The van der Waals surface area contributed by atoms with E-state index in [4.69, 9.17) is 15.9 Å². The first-order chi connectivity index (χ1) is 11.7. The third-order valence-electron chi connectivity index (χ3n) is 4.86. The molecule has 0 aromatic rings. The highest BCUT2D eigenvalue weighted by Gasteiger charge is 2.57. The molecular weight excluding hydrogens is 300 g/mol. The number of esters is 1. The van der Waals surface area contributed by atoms with E-state index in [-0.39, 0.29) is 30.0 Å². The van der Waals surface area contributed by atoms with Crippen molar-refractivity contribution in [3.8, 4) is 24.2 Å². The van der Waals surface area contributed by atoms with Gasteiger partial charge in [0.2, 0.25) is 0 Å². The summed E-state index contributed by atoms with van der Waals surface area (Å²) in [4.78, 5) is 12.1. The molecule has 0 amide bonds. The monoisotopic (exact) mass is 328 g/mol. The minimum Gasteiger partial charge on any atom is -0.462 e. The first kappa shape index (κ1) is 18.6. The van der Waals surface area contributed by atoms with E-state index in [9.17, 15) is 4.79 Å². The minimum atomic E-state index is -0.0973. The quantitative estimate of drug-likeness (QED) is 0.212. The first-order valence-electron chi connectivity index (χ1n) is 9.06. The number of fused-ring (bicyclic) bond motifs is 1. The molecule has 3 heteroatoms. The van der Waals surface area contributed by atoms with Gasteiger partial charge >= 0.3 is 5.97 Å². The highest BCUT2D eigenvalue weighted by Crippen LogP contribution is 2.48. The predicted octanol–water partition coefficient (Wildman–Crippen LogP) is 3.87. The Labute approximate surface area is 146 Å². The van der Waals surface area contributed by atoms with Crippen LogP contribution in [0.25, 0.3) is 0 Å². The highest BCUT2D eigenvalue weighted by atomic mass is 16.6. The molecule has 0 unspecified atom stereocenters. The van der Waals surface area contributed by atoms with E-state index in [1.807, 2.05) is 6.92 Å². The fourth-order valence-corrected chi connectivity index (χ4v) is 3.52. The van der Waals surface area contributed by atoms with Crippen LogP contribution in [0, 0.1) is 36.0 Å². The average Bonchev–Trinajstić information content (AvgIpc) is 3.26. The van der Waals surface area contributed by atoms with Crippen molar-refractivity contribution in [2.24, 2.45) is 11.8 Å². The standard InChI is InChI=1S/C21H28O3/c1-4-7-8-9-10-11-12-13-14-20(22)23-18(6-3)17-15-19-21(24-19)16(17)5-2/h2,9-10,16-19,21H,6,8,11-15H2,1,3H3/b10-9+/t16-,17+,18-,19-,21+/m0/s1. The molecule has 0 bridgehead atoms. The summed E-state index contributed by atoms with van der Waals surface area (Å²) in [6.07, 6.45) is 16.2. The molecule has 1 aliphatic heterocycles. The molecule has 1 saturated carbocycles. The van der Waals surface area contributed by atoms with Crippen molar-refractivity contribution >= 4 is 5.97 Å². The zero-order valence-electron chi connectivity index (χ0n) is 14.8. The van der Waals surface area contributed by atoms with Crippen LogP contribution in [0.1, 0.15) is 58.8 Å². The zero-order chi connectivity index (χ0) is 17.4. The van der Waals surface area contributed by atoms with E-state index in [1.54, 1.807) is 0 Å². The molecule has 2 rings (SSSR count). The van der Waals surface area contributed by atoms with Gasteiger partial charge in [0.05, 0.1) is 18.1 Å². The second kappa shape index (κ2) is 9.55. The summed E-state index contributed by atoms with van der Waals surface area (Å²) in [5.41, 5.74) is 0. The first-order valence-corrected chi connectivity index (χ1v) is 9.06. The molecule has 0 radical (unpaired) electrons. The second-order valence-corrected chi connectivity index (χ2v) is 6.52. The smallest absolute Gasteiger partial charge is 0.306 e. The minimum absolute atomic E-state index is 0.0672. The van der Waals surface area contributed by atoms with Crippen LogP contribution in [0.2, 0.25) is 0 Å². The van der Waals surface area contributed by atoms with Gasteiger partial charge in [-0.3, -0.25) is 4.79 Å². The molecule has 24 heavy (non-hydrogen) atoms. The molecule has 1 saturated heterocycles. The molecule has 0 aromatic heterocycles. The van der Waals surface area contributed by atoms with Crippen LogP contribution in [-0.4, -0.2) is 24.3 Å². The Balaban J connectivity index is 1.64. The maximum atomic E-state index is 12.1. The number of carbonyl (C=O) groups excluding carboxylic acids is 1. The molecule has 3 nitrogen and oxygen atoms in total. The van der Waals surface area contributed by atoms with Gasteiger partial charge in [-0.1, -0.05) is 25.0 Å². The van der Waals surface area contributed by atoms with E-state index >= 15 is 0 Å². The lowest BCUT2D eigenvalue weighted by atomic mass is 9.89. The number of allylic oxidation sites excluding steroid dienone is 2. The van der Waals surface area contributed by atoms with Gasteiger partial charge in [-0.25, -0.2) is 0 Å². The lowest BCUT2D eigenvalue weighted by Gasteiger charge is -2.26. The van der Waals surface area contributed by atoms with Crippen molar-refractivity contribution in [1.29, 1.82) is 0 Å². The molecule has 2 fully saturated rings. The number of ether oxygens (including phenoxy) is 2. The van der Waals surface area contributed by atoms with Crippen molar-refractivity contribution in [2.45, 2.75) is 77.1 Å². The number of hydrogen-bond donors (Lipinski definition) is 0. The van der Waals surface area contributed by atoms with E-state index in [1.165, 1.54) is 0 Å². The fourth-order valence-electron chi connectivity index (χ4n) is 3.52. The summed E-state index contributed by atoms with van der Waals surface area (Å²) in [5, 5.41) is 0. The molecule has 5 atom stereocenters. The predicted molar refractivity (Wildman–Crippen MR) is 94.9 cm³/mol. The molecule has 1 aliphatic carbocycles. The summed E-state index contributed by atoms with van der Waals surface area (Å²) in [6.45, 7) is 3.90. The van der Waals surface area contributed by atoms with Gasteiger partial charge < -0.3 is 9.47 Å². The van der Waals surface area contributed by atoms with E-state index in [0.717, 1.165) is 38.5 Å². The Bertz CT molecular complexity index is 546. The molecule has 0 spiro atoms. The normalized spacial score (nSPS) is 28.5. The summed E-state index contributed by atoms with van der Waals surface area (Å²) in [7, 11) is 0. The fraction of sp³-hybridized carbons (Fsp3) is 0.667. The van der Waals surface area contributed by atoms with Crippen LogP contribution in [0.5, 0.6) is 0 Å². The van der Waals surface area contributed by atoms with Crippen LogP contribution >= 0.6 is 0 Å². The zero-order valence-corrected chi connectivity index (χ0v) is 14.8.